The molecule has 0 atom stereocenters. The second-order valence-electron chi connectivity index (χ2n) is 3.53. The minimum atomic E-state index is -1.25. The summed E-state index contributed by atoms with van der Waals surface area (Å²) in [6.45, 7) is 0. The van der Waals surface area contributed by atoms with Gasteiger partial charge in [0.15, 0.2) is 0 Å². The van der Waals surface area contributed by atoms with Gasteiger partial charge in [0.05, 0.1) is 0 Å². The SMILES string of the molecule is Oc1c(F)cc([I-]c2cc(F)c(O)c(F)c2)cc1F. The van der Waals surface area contributed by atoms with Crippen molar-refractivity contribution >= 4 is 0 Å². The third-order valence-electron chi connectivity index (χ3n) is 2.18. The molecule has 0 aliphatic heterocycles. The molecule has 2 N–H and O–H groups in total. The Hall–Kier alpha value is -1.51. The number of hydrogen-bond donors (Lipinski definition) is 2. The molecule has 0 heterocycles. The summed E-state index contributed by atoms with van der Waals surface area (Å²) in [4.78, 5) is 0. The van der Waals surface area contributed by atoms with Crippen molar-refractivity contribution in [1.29, 1.82) is 0 Å². The average Bonchev–Trinajstić information content (AvgIpc) is 2.33. The monoisotopic (exact) mass is 385 g/mol. The predicted molar refractivity (Wildman–Crippen MR) is 53.4 cm³/mol. The molecule has 0 unspecified atom stereocenters. The molecule has 0 bridgehead atoms. The van der Waals surface area contributed by atoms with Gasteiger partial charge >= 0.3 is 115 Å². The van der Waals surface area contributed by atoms with Crippen molar-refractivity contribution in [2.24, 2.45) is 0 Å². The molecule has 0 aromatic heterocycles. The van der Waals surface area contributed by atoms with E-state index < -0.39 is 56.0 Å². The number of halogens is 5. The van der Waals surface area contributed by atoms with E-state index >= 15 is 0 Å². The number of aromatic hydroxyl groups is 2. The van der Waals surface area contributed by atoms with Crippen molar-refractivity contribution in [3.63, 3.8) is 0 Å². The summed E-state index contributed by atoms with van der Waals surface area (Å²) in [6.07, 6.45) is 0. The molecule has 2 rings (SSSR count). The van der Waals surface area contributed by atoms with Crippen LogP contribution in [0.5, 0.6) is 11.5 Å². The normalized spacial score (nSPS) is 10.9. The molecule has 0 saturated heterocycles. The molecular weight excluding hydrogens is 379 g/mol. The molecule has 0 amide bonds. The number of phenolic OH excluding ortho intramolecular Hbond substituents is 2. The summed E-state index contributed by atoms with van der Waals surface area (Å²) < 4.78 is 52.8. The zero-order valence-electron chi connectivity index (χ0n) is 9.09. The zero-order chi connectivity index (χ0) is 14.2. The first-order chi connectivity index (χ1) is 8.88. The van der Waals surface area contributed by atoms with Crippen LogP contribution in [0, 0.1) is 30.4 Å². The van der Waals surface area contributed by atoms with E-state index in [-0.39, 0.29) is 7.14 Å². The number of benzene rings is 2. The number of hydrogen-bond acceptors (Lipinski definition) is 2. The van der Waals surface area contributed by atoms with Gasteiger partial charge in [-0.1, -0.05) is 0 Å². The summed E-state index contributed by atoms with van der Waals surface area (Å²) >= 11 is -1.25. The van der Waals surface area contributed by atoms with Crippen LogP contribution in [-0.4, -0.2) is 10.2 Å². The molecule has 7 heteroatoms. The fourth-order valence-electron chi connectivity index (χ4n) is 1.30. The zero-order valence-corrected chi connectivity index (χ0v) is 11.3. The first-order valence-corrected chi connectivity index (χ1v) is 7.05. The van der Waals surface area contributed by atoms with E-state index in [4.69, 9.17) is 10.2 Å². The molecule has 0 radical (unpaired) electrons. The first kappa shape index (κ1) is 13.9. The molecule has 2 nitrogen and oxygen atoms in total. The fraction of sp³-hybridized carbons (Fsp3) is 0. The molecule has 0 saturated carbocycles. The van der Waals surface area contributed by atoms with Gasteiger partial charge < -0.3 is 0 Å². The van der Waals surface area contributed by atoms with E-state index in [2.05, 4.69) is 0 Å². The van der Waals surface area contributed by atoms with Crippen LogP contribution >= 0.6 is 0 Å². The molecule has 19 heavy (non-hydrogen) atoms. The minimum absolute atomic E-state index is 0.205. The van der Waals surface area contributed by atoms with E-state index in [1.54, 1.807) is 0 Å². The van der Waals surface area contributed by atoms with Gasteiger partial charge in [-0.25, -0.2) is 0 Å². The Morgan fingerprint density at radius 2 is 0.895 bits per heavy atom. The summed E-state index contributed by atoms with van der Waals surface area (Å²) in [5, 5.41) is 17.9. The standard InChI is InChI=1S/C12H6F4IO2/c13-7-1-5(2-8(14)11(7)18)17-6-3-9(15)12(19)10(16)4-6/h1-4,18-19H/q-1. The van der Waals surface area contributed by atoms with Gasteiger partial charge in [-0.3, -0.25) is 0 Å². The van der Waals surface area contributed by atoms with Gasteiger partial charge in [-0.05, 0) is 0 Å². The summed E-state index contributed by atoms with van der Waals surface area (Å²) in [6, 6.07) is 3.64. The molecule has 2 aromatic carbocycles. The number of rotatable bonds is 2. The van der Waals surface area contributed by atoms with E-state index in [1.165, 1.54) is 0 Å². The maximum absolute atomic E-state index is 13.1. The van der Waals surface area contributed by atoms with Crippen LogP contribution in [0.25, 0.3) is 0 Å². The summed E-state index contributed by atoms with van der Waals surface area (Å²) in [5.74, 6) is -6.70. The van der Waals surface area contributed by atoms with Crippen LogP contribution in [-0.2, 0) is 0 Å². The second-order valence-corrected chi connectivity index (χ2v) is 6.56. The quantitative estimate of drug-likeness (QED) is 0.555. The van der Waals surface area contributed by atoms with Crippen molar-refractivity contribution in [1.82, 2.24) is 0 Å². The summed E-state index contributed by atoms with van der Waals surface area (Å²) in [7, 11) is 0. The molecule has 0 spiro atoms. The van der Waals surface area contributed by atoms with E-state index in [1.807, 2.05) is 0 Å². The Morgan fingerprint density at radius 1 is 0.632 bits per heavy atom. The average molecular weight is 385 g/mol. The van der Waals surface area contributed by atoms with Gasteiger partial charge in [-0.15, -0.1) is 0 Å². The molecule has 0 aliphatic rings. The van der Waals surface area contributed by atoms with Gasteiger partial charge in [0.25, 0.3) is 0 Å². The second kappa shape index (κ2) is 5.24. The van der Waals surface area contributed by atoms with Crippen molar-refractivity contribution in [2.75, 3.05) is 0 Å². The Bertz CT molecular complexity index is 544. The fourth-order valence-corrected chi connectivity index (χ4v) is 3.74. The third-order valence-corrected chi connectivity index (χ3v) is 4.67. The molecular formula is C12H6F4IO2-. The number of phenols is 2. The van der Waals surface area contributed by atoms with Gasteiger partial charge in [0.2, 0.25) is 0 Å². The van der Waals surface area contributed by atoms with Gasteiger partial charge in [-0.2, -0.15) is 0 Å². The third kappa shape index (κ3) is 2.91. The molecule has 2 aromatic rings. The Labute approximate surface area is 115 Å². The molecule has 102 valence electrons. The van der Waals surface area contributed by atoms with Gasteiger partial charge in [0.1, 0.15) is 0 Å². The van der Waals surface area contributed by atoms with E-state index in [0.717, 1.165) is 24.3 Å². The van der Waals surface area contributed by atoms with Crippen LogP contribution in [0.1, 0.15) is 0 Å². The van der Waals surface area contributed by atoms with Crippen LogP contribution < -0.4 is 21.2 Å². The predicted octanol–water partition coefficient (Wildman–Crippen LogP) is -0.217. The van der Waals surface area contributed by atoms with Crippen LogP contribution in [0.2, 0.25) is 0 Å². The van der Waals surface area contributed by atoms with Crippen molar-refractivity contribution < 1.29 is 49.0 Å². The first-order valence-electron chi connectivity index (χ1n) is 4.89. The van der Waals surface area contributed by atoms with Gasteiger partial charge in [0, 0.05) is 0 Å². The maximum atomic E-state index is 13.1. The van der Waals surface area contributed by atoms with E-state index in [0.29, 0.717) is 0 Å². The van der Waals surface area contributed by atoms with Crippen molar-refractivity contribution in [3.8, 4) is 11.5 Å². The Kier molecular flexibility index (Phi) is 3.83. The molecule has 0 aliphatic carbocycles. The topological polar surface area (TPSA) is 40.5 Å². The van der Waals surface area contributed by atoms with Crippen molar-refractivity contribution in [3.05, 3.63) is 54.7 Å². The molecule has 0 fully saturated rings. The summed E-state index contributed by atoms with van der Waals surface area (Å²) in [5.41, 5.74) is 0. The van der Waals surface area contributed by atoms with E-state index in [9.17, 15) is 17.6 Å². The van der Waals surface area contributed by atoms with Crippen LogP contribution in [0.4, 0.5) is 17.6 Å². The van der Waals surface area contributed by atoms with Crippen molar-refractivity contribution in [2.45, 2.75) is 0 Å². The van der Waals surface area contributed by atoms with Crippen LogP contribution in [0.15, 0.2) is 24.3 Å². The Morgan fingerprint density at radius 3 is 1.16 bits per heavy atom. The Balaban J connectivity index is 2.36. The van der Waals surface area contributed by atoms with Crippen LogP contribution in [0.3, 0.4) is 0 Å².